The summed E-state index contributed by atoms with van der Waals surface area (Å²) in [5.74, 6) is -0.582. The summed E-state index contributed by atoms with van der Waals surface area (Å²) in [6.45, 7) is 6.39. The maximum Gasteiger partial charge on any atom is 0.208 e. The minimum absolute atomic E-state index is 0.0429. The highest BCUT2D eigenvalue weighted by Gasteiger charge is 2.24. The molecule has 0 saturated carbocycles. The average molecular weight is 324 g/mol. The minimum Gasteiger partial charge on any atom is -0.385 e. The fourth-order valence-electron chi connectivity index (χ4n) is 1.75. The van der Waals surface area contributed by atoms with E-state index in [0.717, 1.165) is 12.7 Å². The molecule has 2 unspecified atom stereocenters. The zero-order valence-corrected chi connectivity index (χ0v) is 14.1. The molecule has 0 saturated heterocycles. The van der Waals surface area contributed by atoms with Crippen LogP contribution in [0.25, 0.3) is 0 Å². The Kier molecular flexibility index (Phi) is 9.97. The van der Waals surface area contributed by atoms with E-state index in [1.165, 1.54) is 0 Å². The zero-order valence-electron chi connectivity index (χ0n) is 13.3. The second-order valence-electron chi connectivity index (χ2n) is 5.43. The van der Waals surface area contributed by atoms with Crippen LogP contribution in [0.15, 0.2) is 0 Å². The Morgan fingerprint density at radius 1 is 1.33 bits per heavy atom. The number of nitrogens with one attached hydrogen (secondary N) is 2. The maximum atomic E-state index is 11.7. The molecule has 0 aromatic rings. The lowest BCUT2D eigenvalue weighted by Crippen LogP contribution is -2.40. The summed E-state index contributed by atoms with van der Waals surface area (Å²) in [5, 5.41) is 9.86. The van der Waals surface area contributed by atoms with Crippen LogP contribution < -0.4 is 10.2 Å². The van der Waals surface area contributed by atoms with Gasteiger partial charge >= 0.3 is 0 Å². The molecule has 0 fully saturated rings. The summed E-state index contributed by atoms with van der Waals surface area (Å²) in [6, 6.07) is -0.541. The Bertz CT molecular complexity index is 397. The van der Waals surface area contributed by atoms with Crippen molar-refractivity contribution in [1.82, 2.24) is 10.2 Å². The molecule has 8 heteroatoms. The quantitative estimate of drug-likeness (QED) is 0.350. The van der Waals surface area contributed by atoms with Gasteiger partial charge in [-0.2, -0.15) is 0 Å². The van der Waals surface area contributed by atoms with Crippen LogP contribution in [0.5, 0.6) is 0 Å². The molecule has 2 atom stereocenters. The molecule has 0 aliphatic rings. The lowest BCUT2D eigenvalue weighted by atomic mass is 9.98. The fraction of sp³-hybridized carbons (Fsp3) is 0.923. The van der Waals surface area contributed by atoms with Gasteiger partial charge < -0.3 is 9.94 Å². The van der Waals surface area contributed by atoms with Crippen molar-refractivity contribution >= 4 is 15.8 Å². The van der Waals surface area contributed by atoms with Gasteiger partial charge in [-0.3, -0.25) is 4.79 Å². The Morgan fingerprint density at radius 2 is 1.95 bits per heavy atom. The van der Waals surface area contributed by atoms with Crippen molar-refractivity contribution in [3.63, 3.8) is 0 Å². The topological polar surface area (TPSA) is 105 Å². The molecule has 0 aliphatic carbocycles. The maximum absolute atomic E-state index is 11.7. The van der Waals surface area contributed by atoms with Gasteiger partial charge in [-0.1, -0.05) is 20.8 Å². The lowest BCUT2D eigenvalue weighted by Gasteiger charge is -2.21. The van der Waals surface area contributed by atoms with Gasteiger partial charge in [0.05, 0.1) is 12.9 Å². The summed E-state index contributed by atoms with van der Waals surface area (Å²) in [5.41, 5.74) is 2.74. The fourth-order valence-corrected chi connectivity index (χ4v) is 2.57. The largest absolute Gasteiger partial charge is 0.385 e. The third kappa shape index (κ3) is 10.8. The van der Waals surface area contributed by atoms with Crippen molar-refractivity contribution in [2.24, 2.45) is 5.92 Å². The number of aliphatic hydroxyl groups excluding tert-OH is 1. The SMILES string of the molecule is CCCNOCCC(CC(O)C(=O)C(C)C)NS(C)(=O)=O. The number of carbonyl (C=O) groups excluding carboxylic acids is 1. The lowest BCUT2D eigenvalue weighted by molar-refractivity contribution is -0.130. The van der Waals surface area contributed by atoms with E-state index in [0.29, 0.717) is 13.0 Å². The average Bonchev–Trinajstić information content (AvgIpc) is 2.35. The van der Waals surface area contributed by atoms with Crippen LogP contribution in [-0.4, -0.2) is 50.9 Å². The summed E-state index contributed by atoms with van der Waals surface area (Å²) >= 11 is 0. The van der Waals surface area contributed by atoms with E-state index in [1.54, 1.807) is 13.8 Å². The van der Waals surface area contributed by atoms with Crippen LogP contribution in [0.2, 0.25) is 0 Å². The Hall–Kier alpha value is -0.540. The van der Waals surface area contributed by atoms with Gasteiger partial charge in [-0.15, -0.1) is 0 Å². The number of rotatable bonds is 12. The van der Waals surface area contributed by atoms with Crippen molar-refractivity contribution in [3.05, 3.63) is 0 Å². The molecular formula is C13H28N2O5S. The van der Waals surface area contributed by atoms with Crippen molar-refractivity contribution in [1.29, 1.82) is 0 Å². The minimum atomic E-state index is -3.41. The van der Waals surface area contributed by atoms with Gasteiger partial charge in [0, 0.05) is 18.5 Å². The molecule has 126 valence electrons. The number of hydroxylamine groups is 1. The zero-order chi connectivity index (χ0) is 16.5. The van der Waals surface area contributed by atoms with Crippen LogP contribution in [0.4, 0.5) is 0 Å². The highest BCUT2D eigenvalue weighted by Crippen LogP contribution is 2.09. The summed E-state index contributed by atoms with van der Waals surface area (Å²) in [4.78, 5) is 16.8. The van der Waals surface area contributed by atoms with Crippen molar-refractivity contribution in [2.45, 2.75) is 52.2 Å². The van der Waals surface area contributed by atoms with Gasteiger partial charge in [0.1, 0.15) is 6.10 Å². The standard InChI is InChI=1S/C13H28N2O5S/c1-5-7-14-20-8-6-11(15-21(4,18)19)9-12(16)13(17)10(2)3/h10-12,14-16H,5-9H2,1-4H3. The number of Topliss-reactive ketones (excluding diaryl/α,β-unsaturated/α-hetero) is 1. The monoisotopic (exact) mass is 324 g/mol. The van der Waals surface area contributed by atoms with Crippen LogP contribution in [0.3, 0.4) is 0 Å². The first kappa shape index (κ1) is 20.5. The molecule has 0 aliphatic heterocycles. The summed E-state index contributed by atoms with van der Waals surface area (Å²) < 4.78 is 25.1. The highest BCUT2D eigenvalue weighted by molar-refractivity contribution is 7.88. The Balaban J connectivity index is 4.42. The molecule has 0 bridgehead atoms. The molecular weight excluding hydrogens is 296 g/mol. The number of hydrogen-bond donors (Lipinski definition) is 3. The molecule has 0 aromatic heterocycles. The summed E-state index contributed by atoms with van der Waals surface area (Å²) in [7, 11) is -3.41. The van der Waals surface area contributed by atoms with Crippen molar-refractivity contribution < 1.29 is 23.2 Å². The number of ketones is 1. The van der Waals surface area contributed by atoms with E-state index in [2.05, 4.69) is 10.2 Å². The van der Waals surface area contributed by atoms with Gasteiger partial charge in [-0.25, -0.2) is 18.6 Å². The molecule has 0 spiro atoms. The Morgan fingerprint density at radius 3 is 2.43 bits per heavy atom. The molecule has 0 heterocycles. The van der Waals surface area contributed by atoms with E-state index in [9.17, 15) is 18.3 Å². The van der Waals surface area contributed by atoms with E-state index in [-0.39, 0.29) is 24.7 Å². The summed E-state index contributed by atoms with van der Waals surface area (Å²) in [6.07, 6.45) is 1.21. The van der Waals surface area contributed by atoms with Crippen LogP contribution in [-0.2, 0) is 19.7 Å². The van der Waals surface area contributed by atoms with Gasteiger partial charge in [0.15, 0.2) is 5.78 Å². The molecule has 0 radical (unpaired) electrons. The highest BCUT2D eigenvalue weighted by atomic mass is 32.2. The smallest absolute Gasteiger partial charge is 0.208 e. The van der Waals surface area contributed by atoms with Crippen LogP contribution in [0.1, 0.15) is 40.0 Å². The number of carbonyl (C=O) groups is 1. The second-order valence-corrected chi connectivity index (χ2v) is 7.21. The first-order chi connectivity index (χ1) is 9.67. The number of aliphatic hydroxyl groups is 1. The number of hydrogen-bond acceptors (Lipinski definition) is 6. The molecule has 21 heavy (non-hydrogen) atoms. The molecule has 7 nitrogen and oxygen atoms in total. The molecule has 0 amide bonds. The van der Waals surface area contributed by atoms with E-state index < -0.39 is 22.2 Å². The molecule has 0 rings (SSSR count). The normalized spacial score (nSPS) is 15.1. The van der Waals surface area contributed by atoms with E-state index in [4.69, 9.17) is 4.84 Å². The van der Waals surface area contributed by atoms with Crippen molar-refractivity contribution in [3.8, 4) is 0 Å². The second kappa shape index (κ2) is 10.2. The van der Waals surface area contributed by atoms with Gasteiger partial charge in [-0.05, 0) is 19.3 Å². The molecule has 0 aromatic carbocycles. The van der Waals surface area contributed by atoms with Crippen LogP contribution in [0, 0.1) is 5.92 Å². The van der Waals surface area contributed by atoms with Crippen LogP contribution >= 0.6 is 0 Å². The predicted molar refractivity (Wildman–Crippen MR) is 81.1 cm³/mol. The third-order valence-corrected chi connectivity index (χ3v) is 3.57. The molecule has 3 N–H and O–H groups in total. The predicted octanol–water partition coefficient (Wildman–Crippen LogP) is 0.202. The van der Waals surface area contributed by atoms with E-state index in [1.807, 2.05) is 6.92 Å². The van der Waals surface area contributed by atoms with Crippen molar-refractivity contribution in [2.75, 3.05) is 19.4 Å². The first-order valence-electron chi connectivity index (χ1n) is 7.21. The first-order valence-corrected chi connectivity index (χ1v) is 9.10. The van der Waals surface area contributed by atoms with Gasteiger partial charge in [0.25, 0.3) is 0 Å². The third-order valence-electron chi connectivity index (χ3n) is 2.81. The Labute approximate surface area is 127 Å². The van der Waals surface area contributed by atoms with E-state index >= 15 is 0 Å². The van der Waals surface area contributed by atoms with Gasteiger partial charge in [0.2, 0.25) is 10.0 Å². The number of sulfonamides is 1.